The summed E-state index contributed by atoms with van der Waals surface area (Å²) < 4.78 is 0. The molecule has 0 unspecified atom stereocenters. The van der Waals surface area contributed by atoms with Crippen LogP contribution in [0.1, 0.15) is 21.5 Å². The summed E-state index contributed by atoms with van der Waals surface area (Å²) in [4.78, 5) is 14.7. The van der Waals surface area contributed by atoms with Crippen molar-refractivity contribution in [3.8, 4) is 0 Å². The minimum atomic E-state index is -0.987. The van der Waals surface area contributed by atoms with Gasteiger partial charge in [-0.2, -0.15) is 0 Å². The Hall–Kier alpha value is -2.40. The topological polar surface area (TPSA) is 82.5 Å². The molecule has 1 aromatic carbocycles. The van der Waals surface area contributed by atoms with Crippen LogP contribution in [0.3, 0.4) is 0 Å². The fourth-order valence-electron chi connectivity index (χ4n) is 1.58. The number of anilines is 1. The quantitative estimate of drug-likeness (QED) is 0.762. The molecule has 0 spiro atoms. The van der Waals surface area contributed by atoms with E-state index in [4.69, 9.17) is 10.2 Å². The van der Waals surface area contributed by atoms with Crippen molar-refractivity contribution in [3.63, 3.8) is 0 Å². The van der Waals surface area contributed by atoms with E-state index in [0.717, 1.165) is 11.1 Å². The van der Waals surface area contributed by atoms with Gasteiger partial charge in [0, 0.05) is 12.7 Å². The lowest BCUT2D eigenvalue weighted by atomic mass is 10.1. The van der Waals surface area contributed by atoms with Gasteiger partial charge in [0.1, 0.15) is 5.82 Å². The number of nitrogens with zero attached hydrogens (tertiary/aromatic N) is 1. The van der Waals surface area contributed by atoms with E-state index >= 15 is 0 Å². The molecule has 3 N–H and O–H groups in total. The Morgan fingerprint density at radius 2 is 1.79 bits per heavy atom. The molecular weight excluding hydrogens is 244 g/mol. The summed E-state index contributed by atoms with van der Waals surface area (Å²) >= 11 is 0. The molecule has 0 fully saturated rings. The summed E-state index contributed by atoms with van der Waals surface area (Å²) in [6.45, 7) is 0.622. The SMILES string of the molecule is O=C(O)c1ccc(NCc2ccc(CO)cc2)nc1. The van der Waals surface area contributed by atoms with Gasteiger partial charge in [0.25, 0.3) is 0 Å². The van der Waals surface area contributed by atoms with E-state index in [1.807, 2.05) is 24.3 Å². The van der Waals surface area contributed by atoms with Crippen molar-refractivity contribution in [1.29, 1.82) is 0 Å². The largest absolute Gasteiger partial charge is 0.478 e. The lowest BCUT2D eigenvalue weighted by molar-refractivity contribution is 0.0696. The Morgan fingerprint density at radius 3 is 2.32 bits per heavy atom. The first-order valence-corrected chi connectivity index (χ1v) is 5.81. The molecule has 1 aromatic heterocycles. The van der Waals surface area contributed by atoms with E-state index in [0.29, 0.717) is 12.4 Å². The zero-order valence-electron chi connectivity index (χ0n) is 10.2. The average Bonchev–Trinajstić information content (AvgIpc) is 2.46. The van der Waals surface area contributed by atoms with Crippen molar-refractivity contribution in [2.24, 2.45) is 0 Å². The minimum absolute atomic E-state index is 0.0336. The van der Waals surface area contributed by atoms with Crippen molar-refractivity contribution in [2.75, 3.05) is 5.32 Å². The first-order valence-electron chi connectivity index (χ1n) is 5.81. The van der Waals surface area contributed by atoms with Gasteiger partial charge in [-0.1, -0.05) is 24.3 Å². The van der Waals surface area contributed by atoms with Gasteiger partial charge in [-0.05, 0) is 23.3 Å². The molecule has 0 saturated heterocycles. The molecule has 0 aliphatic carbocycles. The number of carboxylic acids is 1. The Bertz CT molecular complexity index is 550. The van der Waals surface area contributed by atoms with Gasteiger partial charge in [-0.3, -0.25) is 0 Å². The smallest absolute Gasteiger partial charge is 0.337 e. The van der Waals surface area contributed by atoms with Crippen molar-refractivity contribution in [2.45, 2.75) is 13.2 Å². The summed E-state index contributed by atoms with van der Waals surface area (Å²) in [5, 5.41) is 20.8. The van der Waals surface area contributed by atoms with Gasteiger partial charge in [0.15, 0.2) is 0 Å². The molecule has 19 heavy (non-hydrogen) atoms. The Labute approximate surface area is 110 Å². The zero-order valence-corrected chi connectivity index (χ0v) is 10.2. The Kier molecular flexibility index (Phi) is 4.10. The zero-order chi connectivity index (χ0) is 13.7. The fourth-order valence-corrected chi connectivity index (χ4v) is 1.58. The first-order chi connectivity index (χ1) is 9.19. The number of aliphatic hydroxyl groups excluding tert-OH is 1. The standard InChI is InChI=1S/C14H14N2O3/c17-9-11-3-1-10(2-4-11)7-15-13-6-5-12(8-16-13)14(18)19/h1-6,8,17H,7,9H2,(H,15,16)(H,18,19). The lowest BCUT2D eigenvalue weighted by Crippen LogP contribution is -2.03. The molecule has 5 nitrogen and oxygen atoms in total. The van der Waals surface area contributed by atoms with Crippen LogP contribution in [0, 0.1) is 0 Å². The highest BCUT2D eigenvalue weighted by Gasteiger charge is 2.02. The molecule has 0 radical (unpaired) electrons. The monoisotopic (exact) mass is 258 g/mol. The highest BCUT2D eigenvalue weighted by molar-refractivity contribution is 5.87. The highest BCUT2D eigenvalue weighted by Crippen LogP contribution is 2.09. The number of carbonyl (C=O) groups is 1. The number of aromatic carboxylic acids is 1. The van der Waals surface area contributed by atoms with Gasteiger partial charge >= 0.3 is 5.97 Å². The average molecular weight is 258 g/mol. The fraction of sp³-hybridized carbons (Fsp3) is 0.143. The molecule has 0 aliphatic heterocycles. The number of pyridine rings is 1. The van der Waals surface area contributed by atoms with Crippen molar-refractivity contribution < 1.29 is 15.0 Å². The molecule has 0 bridgehead atoms. The first kappa shape index (κ1) is 13.0. The van der Waals surface area contributed by atoms with Gasteiger partial charge in [-0.15, -0.1) is 0 Å². The summed E-state index contributed by atoms with van der Waals surface area (Å²) in [6.07, 6.45) is 1.32. The second kappa shape index (κ2) is 5.97. The van der Waals surface area contributed by atoms with Gasteiger partial charge < -0.3 is 15.5 Å². The molecule has 98 valence electrons. The number of benzene rings is 1. The van der Waals surface area contributed by atoms with Crippen LogP contribution in [0.4, 0.5) is 5.82 Å². The minimum Gasteiger partial charge on any atom is -0.478 e. The number of hydrogen-bond acceptors (Lipinski definition) is 4. The van der Waals surface area contributed by atoms with E-state index in [2.05, 4.69) is 10.3 Å². The molecule has 0 amide bonds. The summed E-state index contributed by atoms with van der Waals surface area (Å²) in [6, 6.07) is 10.7. The molecule has 0 saturated carbocycles. The van der Waals surface area contributed by atoms with Crippen LogP contribution in [0.25, 0.3) is 0 Å². The van der Waals surface area contributed by atoms with Crippen LogP contribution >= 0.6 is 0 Å². The van der Waals surface area contributed by atoms with Crippen LogP contribution < -0.4 is 5.32 Å². The molecule has 2 rings (SSSR count). The number of aliphatic hydroxyl groups is 1. The molecule has 1 heterocycles. The molecular formula is C14H14N2O3. The van der Waals surface area contributed by atoms with Crippen LogP contribution in [0.5, 0.6) is 0 Å². The van der Waals surface area contributed by atoms with E-state index in [-0.39, 0.29) is 12.2 Å². The van der Waals surface area contributed by atoms with Gasteiger partial charge in [0.05, 0.1) is 12.2 Å². The molecule has 5 heteroatoms. The highest BCUT2D eigenvalue weighted by atomic mass is 16.4. The van der Waals surface area contributed by atoms with Crippen molar-refractivity contribution in [1.82, 2.24) is 4.98 Å². The number of rotatable bonds is 5. The number of nitrogens with one attached hydrogen (secondary N) is 1. The van der Waals surface area contributed by atoms with E-state index < -0.39 is 5.97 Å². The van der Waals surface area contributed by atoms with E-state index in [1.165, 1.54) is 12.3 Å². The lowest BCUT2D eigenvalue weighted by Gasteiger charge is -2.06. The third-order valence-corrected chi connectivity index (χ3v) is 2.69. The third-order valence-electron chi connectivity index (χ3n) is 2.69. The van der Waals surface area contributed by atoms with Gasteiger partial charge in [-0.25, -0.2) is 9.78 Å². The maximum atomic E-state index is 10.7. The summed E-state index contributed by atoms with van der Waals surface area (Å²) in [5.41, 5.74) is 2.09. The number of carboxylic acid groups (broad SMARTS) is 1. The summed E-state index contributed by atoms with van der Waals surface area (Å²) in [5.74, 6) is -0.366. The Balaban J connectivity index is 1.95. The third kappa shape index (κ3) is 3.53. The summed E-state index contributed by atoms with van der Waals surface area (Å²) in [7, 11) is 0. The normalized spacial score (nSPS) is 10.2. The number of hydrogen-bond donors (Lipinski definition) is 3. The van der Waals surface area contributed by atoms with Crippen molar-refractivity contribution in [3.05, 3.63) is 59.3 Å². The van der Waals surface area contributed by atoms with Crippen molar-refractivity contribution >= 4 is 11.8 Å². The van der Waals surface area contributed by atoms with Crippen LogP contribution in [0.2, 0.25) is 0 Å². The molecule has 0 atom stereocenters. The van der Waals surface area contributed by atoms with Crippen LogP contribution in [-0.2, 0) is 13.2 Å². The molecule has 2 aromatic rings. The van der Waals surface area contributed by atoms with E-state index in [1.54, 1.807) is 6.07 Å². The predicted octanol–water partition coefficient (Wildman–Crippen LogP) is 1.88. The number of aromatic nitrogens is 1. The van der Waals surface area contributed by atoms with Crippen LogP contribution in [0.15, 0.2) is 42.6 Å². The predicted molar refractivity (Wildman–Crippen MR) is 70.9 cm³/mol. The Morgan fingerprint density at radius 1 is 1.11 bits per heavy atom. The second-order valence-electron chi connectivity index (χ2n) is 4.07. The second-order valence-corrected chi connectivity index (χ2v) is 4.07. The molecule has 0 aliphatic rings. The van der Waals surface area contributed by atoms with Gasteiger partial charge in [0.2, 0.25) is 0 Å². The maximum absolute atomic E-state index is 10.7. The maximum Gasteiger partial charge on any atom is 0.337 e. The van der Waals surface area contributed by atoms with E-state index in [9.17, 15) is 4.79 Å². The van der Waals surface area contributed by atoms with Crippen LogP contribution in [-0.4, -0.2) is 21.2 Å².